The lowest BCUT2D eigenvalue weighted by Gasteiger charge is -2.12. The molecule has 3 heteroatoms. The molecule has 64 valence electrons. The first-order chi connectivity index (χ1) is 5.04. The van der Waals surface area contributed by atoms with Gasteiger partial charge in [0.1, 0.15) is 5.78 Å². The molecule has 0 aliphatic heterocycles. The number of Topliss-reactive ketones (excluding diaryl/α,β-unsaturated/α-hetero) is 1. The summed E-state index contributed by atoms with van der Waals surface area (Å²) in [5.41, 5.74) is 4.18. The number of hydrogen-bond acceptors (Lipinski definition) is 2. The minimum absolute atomic E-state index is 0.0139. The quantitative estimate of drug-likeness (QED) is 0.530. The molecule has 1 fully saturated rings. The highest BCUT2D eigenvalue weighted by atomic mass is 16.1. The van der Waals surface area contributed by atoms with E-state index in [1.54, 1.807) is 0 Å². The van der Waals surface area contributed by atoms with E-state index in [4.69, 9.17) is 4.79 Å². The number of carbonyl (C=O) groups is 2. The van der Waals surface area contributed by atoms with Gasteiger partial charge >= 0.3 is 0 Å². The van der Waals surface area contributed by atoms with E-state index in [0.717, 1.165) is 19.3 Å². The molecular weight excluding hydrogens is 142 g/mol. The molecule has 0 aromatic carbocycles. The van der Waals surface area contributed by atoms with E-state index in [2.05, 4.69) is 5.73 Å². The summed E-state index contributed by atoms with van der Waals surface area (Å²) in [6, 6.07) is 0. The third-order valence-corrected chi connectivity index (χ3v) is 1.96. The fourth-order valence-electron chi connectivity index (χ4n) is 1.17. The van der Waals surface area contributed by atoms with Crippen LogP contribution in [0.25, 0.3) is 0 Å². The molecule has 3 nitrogen and oxygen atoms in total. The molecule has 0 aromatic heterocycles. The molecule has 0 spiro atoms. The van der Waals surface area contributed by atoms with Crippen LogP contribution in [0, 0.1) is 5.41 Å². The smallest absolute Gasteiger partial charge is 0.204 e. The van der Waals surface area contributed by atoms with E-state index >= 15 is 0 Å². The highest BCUT2D eigenvalue weighted by Crippen LogP contribution is 2.32. The van der Waals surface area contributed by atoms with Gasteiger partial charge in [-0.3, -0.25) is 9.59 Å². The number of rotatable bonds is 0. The van der Waals surface area contributed by atoms with Crippen LogP contribution in [0.5, 0.6) is 0 Å². The van der Waals surface area contributed by atoms with Crippen molar-refractivity contribution < 1.29 is 9.59 Å². The van der Waals surface area contributed by atoms with Crippen LogP contribution in [0.3, 0.4) is 0 Å². The largest absolute Gasteiger partial charge is 0.372 e. The van der Waals surface area contributed by atoms with E-state index in [-0.39, 0.29) is 11.8 Å². The van der Waals surface area contributed by atoms with Crippen molar-refractivity contribution in [3.8, 4) is 0 Å². The van der Waals surface area contributed by atoms with Crippen molar-refractivity contribution in [2.75, 3.05) is 0 Å². The van der Waals surface area contributed by atoms with Gasteiger partial charge in [0.15, 0.2) is 0 Å². The molecule has 0 heterocycles. The van der Waals surface area contributed by atoms with Gasteiger partial charge in [0.2, 0.25) is 6.41 Å². The summed E-state index contributed by atoms with van der Waals surface area (Å²) in [6.45, 7) is 4.06. The van der Waals surface area contributed by atoms with Crippen LogP contribution in [-0.4, -0.2) is 12.2 Å². The summed E-state index contributed by atoms with van der Waals surface area (Å²) in [5.74, 6) is 0.442. The summed E-state index contributed by atoms with van der Waals surface area (Å²) >= 11 is 0. The standard InChI is InChI=1S/C7H12O.CH3NO/c1-7(2)5-3-4-6(7)8;2-1-3/h3-5H2,1-2H3;1H,(H2,2,3). The molecule has 0 aromatic rings. The van der Waals surface area contributed by atoms with Gasteiger partial charge in [0.05, 0.1) is 0 Å². The molecule has 2 N–H and O–H groups in total. The molecule has 0 bridgehead atoms. The minimum atomic E-state index is 0.0139. The van der Waals surface area contributed by atoms with Crippen LogP contribution in [0.1, 0.15) is 33.1 Å². The van der Waals surface area contributed by atoms with Crippen molar-refractivity contribution in [1.82, 2.24) is 0 Å². The van der Waals surface area contributed by atoms with Gasteiger partial charge in [0.25, 0.3) is 0 Å². The van der Waals surface area contributed by atoms with Gasteiger partial charge in [-0.05, 0) is 12.8 Å². The predicted octanol–water partition coefficient (Wildman–Crippen LogP) is 0.867. The Labute approximate surface area is 67.0 Å². The van der Waals surface area contributed by atoms with Gasteiger partial charge < -0.3 is 5.73 Å². The zero-order chi connectivity index (χ0) is 8.91. The maximum Gasteiger partial charge on any atom is 0.204 e. The van der Waals surface area contributed by atoms with E-state index in [0.29, 0.717) is 5.78 Å². The molecule has 1 aliphatic carbocycles. The maximum absolute atomic E-state index is 10.9. The molecule has 11 heavy (non-hydrogen) atoms. The van der Waals surface area contributed by atoms with Gasteiger partial charge in [-0.15, -0.1) is 0 Å². The molecule has 1 amide bonds. The van der Waals surface area contributed by atoms with Crippen molar-refractivity contribution in [3.63, 3.8) is 0 Å². The van der Waals surface area contributed by atoms with E-state index in [9.17, 15) is 4.79 Å². The van der Waals surface area contributed by atoms with Crippen molar-refractivity contribution in [3.05, 3.63) is 0 Å². The van der Waals surface area contributed by atoms with Crippen LogP contribution in [0.2, 0.25) is 0 Å². The van der Waals surface area contributed by atoms with E-state index in [1.807, 2.05) is 13.8 Å². The van der Waals surface area contributed by atoms with Crippen LogP contribution in [0.15, 0.2) is 0 Å². The highest BCUT2D eigenvalue weighted by Gasteiger charge is 2.31. The second kappa shape index (κ2) is 4.11. The van der Waals surface area contributed by atoms with Crippen molar-refractivity contribution >= 4 is 12.2 Å². The molecular formula is C8H15NO2. The Kier molecular flexibility index (Phi) is 3.79. The number of carbonyl (C=O) groups excluding carboxylic acids is 2. The summed E-state index contributed by atoms with van der Waals surface area (Å²) in [7, 11) is 0. The molecule has 0 radical (unpaired) electrons. The molecule has 1 saturated carbocycles. The Balaban J connectivity index is 0.000000292. The van der Waals surface area contributed by atoms with E-state index < -0.39 is 0 Å². The Hall–Kier alpha value is -0.860. The second-order valence-electron chi connectivity index (χ2n) is 3.30. The lowest BCUT2D eigenvalue weighted by molar-refractivity contribution is -0.124. The zero-order valence-electron chi connectivity index (χ0n) is 7.09. The Morgan fingerprint density at radius 1 is 1.55 bits per heavy atom. The van der Waals surface area contributed by atoms with Crippen LogP contribution in [0.4, 0.5) is 0 Å². The molecule has 1 aliphatic rings. The number of primary amides is 1. The molecule has 0 unspecified atom stereocenters. The van der Waals surface area contributed by atoms with Crippen LogP contribution >= 0.6 is 0 Å². The molecule has 1 rings (SSSR count). The van der Waals surface area contributed by atoms with Gasteiger partial charge in [-0.2, -0.15) is 0 Å². The topological polar surface area (TPSA) is 60.2 Å². The van der Waals surface area contributed by atoms with E-state index in [1.165, 1.54) is 0 Å². The monoisotopic (exact) mass is 157 g/mol. The Morgan fingerprint density at radius 3 is 2.09 bits per heavy atom. The average molecular weight is 157 g/mol. The lowest BCUT2D eigenvalue weighted by atomic mass is 9.91. The van der Waals surface area contributed by atoms with Gasteiger partial charge in [-0.25, -0.2) is 0 Å². The zero-order valence-corrected chi connectivity index (χ0v) is 7.09. The highest BCUT2D eigenvalue weighted by molar-refractivity contribution is 5.85. The van der Waals surface area contributed by atoms with Gasteiger partial charge in [-0.1, -0.05) is 13.8 Å². The van der Waals surface area contributed by atoms with Gasteiger partial charge in [0, 0.05) is 11.8 Å². The first-order valence-electron chi connectivity index (χ1n) is 3.73. The number of amides is 1. The maximum atomic E-state index is 10.9. The SMILES string of the molecule is CC1(C)CCCC1=O.NC=O. The number of nitrogens with two attached hydrogens (primary N) is 1. The summed E-state index contributed by atoms with van der Waals surface area (Å²) < 4.78 is 0. The number of hydrogen-bond donors (Lipinski definition) is 1. The van der Waals surface area contributed by atoms with Crippen molar-refractivity contribution in [2.45, 2.75) is 33.1 Å². The third kappa shape index (κ3) is 3.16. The van der Waals surface area contributed by atoms with Crippen LogP contribution in [-0.2, 0) is 9.59 Å². The van der Waals surface area contributed by atoms with Crippen LogP contribution < -0.4 is 5.73 Å². The predicted molar refractivity (Wildman–Crippen MR) is 42.9 cm³/mol. The lowest BCUT2D eigenvalue weighted by Crippen LogP contribution is -2.15. The Morgan fingerprint density at radius 2 is 2.00 bits per heavy atom. The fraction of sp³-hybridized carbons (Fsp3) is 0.750. The average Bonchev–Trinajstić information content (AvgIpc) is 2.14. The van der Waals surface area contributed by atoms with Crippen molar-refractivity contribution in [2.24, 2.45) is 11.1 Å². The second-order valence-corrected chi connectivity index (χ2v) is 3.30. The summed E-state index contributed by atoms with van der Waals surface area (Å²) in [6.07, 6.45) is 3.25. The summed E-state index contributed by atoms with van der Waals surface area (Å²) in [4.78, 5) is 19.5. The molecule has 0 saturated heterocycles. The third-order valence-electron chi connectivity index (χ3n) is 1.96. The van der Waals surface area contributed by atoms with Crippen molar-refractivity contribution in [1.29, 1.82) is 0 Å². The minimum Gasteiger partial charge on any atom is -0.372 e. The number of ketones is 1. The summed E-state index contributed by atoms with van der Waals surface area (Å²) in [5, 5.41) is 0. The Bertz CT molecular complexity index is 152. The first kappa shape index (κ1) is 10.1. The fourth-order valence-corrected chi connectivity index (χ4v) is 1.17. The molecule has 0 atom stereocenters. The normalized spacial score (nSPS) is 20.4. The first-order valence-corrected chi connectivity index (χ1v) is 3.73.